The van der Waals surface area contributed by atoms with E-state index in [2.05, 4.69) is 67.8 Å². The summed E-state index contributed by atoms with van der Waals surface area (Å²) in [5, 5.41) is 0. The molecule has 0 spiro atoms. The second-order valence-corrected chi connectivity index (χ2v) is 7.33. The highest BCUT2D eigenvalue weighted by atomic mass is 127. The molecule has 0 aliphatic heterocycles. The van der Waals surface area contributed by atoms with Crippen LogP contribution in [-0.2, 0) is 4.79 Å². The molecule has 0 bridgehead atoms. The Balaban J connectivity index is 2.73. The summed E-state index contributed by atoms with van der Waals surface area (Å²) in [5.74, 6) is 1.06. The molecule has 0 aliphatic rings. The highest BCUT2D eigenvalue weighted by Crippen LogP contribution is 2.29. The molecule has 5 heteroatoms. The predicted octanol–water partition coefficient (Wildman–Crippen LogP) is 4.49. The number of carbonyl (C=O) groups excluding carboxylic acids is 1. The Labute approximate surface area is 143 Å². The SMILES string of the molecule is CCC(C)C(=O)COc1c(I)cc(I)cc1I. The van der Waals surface area contributed by atoms with Gasteiger partial charge in [-0.2, -0.15) is 0 Å². The molecule has 0 saturated carbocycles. The van der Waals surface area contributed by atoms with Gasteiger partial charge in [-0.1, -0.05) is 13.8 Å². The molecular weight excluding hydrogens is 557 g/mol. The summed E-state index contributed by atoms with van der Waals surface area (Å²) in [6.07, 6.45) is 0.864. The van der Waals surface area contributed by atoms with Crippen molar-refractivity contribution in [1.29, 1.82) is 0 Å². The first-order chi connectivity index (χ1) is 7.95. The van der Waals surface area contributed by atoms with Gasteiger partial charge in [-0.05, 0) is 86.3 Å². The van der Waals surface area contributed by atoms with Crippen molar-refractivity contribution in [1.82, 2.24) is 0 Å². The molecule has 17 heavy (non-hydrogen) atoms. The van der Waals surface area contributed by atoms with Crippen LogP contribution in [0.15, 0.2) is 12.1 Å². The molecular formula is C12H13I3O2. The van der Waals surface area contributed by atoms with Crippen LogP contribution in [0.5, 0.6) is 5.75 Å². The van der Waals surface area contributed by atoms with Crippen LogP contribution in [0.3, 0.4) is 0 Å². The summed E-state index contributed by atoms with van der Waals surface area (Å²) in [5.41, 5.74) is 0. The molecule has 0 N–H and O–H groups in total. The maximum absolute atomic E-state index is 11.7. The smallest absolute Gasteiger partial charge is 0.172 e. The van der Waals surface area contributed by atoms with Crippen molar-refractivity contribution in [2.45, 2.75) is 20.3 Å². The maximum atomic E-state index is 11.7. The number of benzene rings is 1. The van der Waals surface area contributed by atoms with Crippen LogP contribution in [0.1, 0.15) is 20.3 Å². The van der Waals surface area contributed by atoms with Gasteiger partial charge in [0, 0.05) is 9.49 Å². The minimum absolute atomic E-state index is 0.0779. The lowest BCUT2D eigenvalue weighted by atomic mass is 10.1. The monoisotopic (exact) mass is 570 g/mol. The second kappa shape index (κ2) is 7.46. The number of ether oxygens (including phenoxy) is 1. The van der Waals surface area contributed by atoms with E-state index in [0.29, 0.717) is 0 Å². The van der Waals surface area contributed by atoms with Crippen LogP contribution in [0.4, 0.5) is 0 Å². The molecule has 1 unspecified atom stereocenters. The number of ketones is 1. The van der Waals surface area contributed by atoms with E-state index in [1.807, 2.05) is 26.0 Å². The fraction of sp³-hybridized carbons (Fsp3) is 0.417. The Morgan fingerprint density at radius 3 is 2.29 bits per heavy atom. The lowest BCUT2D eigenvalue weighted by Gasteiger charge is -2.12. The van der Waals surface area contributed by atoms with Crippen LogP contribution in [-0.4, -0.2) is 12.4 Å². The molecule has 0 saturated heterocycles. The van der Waals surface area contributed by atoms with Crippen LogP contribution in [0.2, 0.25) is 0 Å². The lowest BCUT2D eigenvalue weighted by molar-refractivity contribution is -0.124. The summed E-state index contributed by atoms with van der Waals surface area (Å²) < 4.78 is 8.92. The average Bonchev–Trinajstić information content (AvgIpc) is 2.26. The molecule has 0 aliphatic carbocycles. The van der Waals surface area contributed by atoms with Gasteiger partial charge in [0.15, 0.2) is 5.78 Å². The minimum Gasteiger partial charge on any atom is -0.484 e. The number of hydrogen-bond donors (Lipinski definition) is 0. The number of hydrogen-bond acceptors (Lipinski definition) is 2. The molecule has 1 aromatic rings. The van der Waals surface area contributed by atoms with Crippen molar-refractivity contribution in [2.75, 3.05) is 6.61 Å². The number of rotatable bonds is 5. The van der Waals surface area contributed by atoms with E-state index >= 15 is 0 Å². The zero-order chi connectivity index (χ0) is 13.0. The molecule has 2 nitrogen and oxygen atoms in total. The maximum Gasteiger partial charge on any atom is 0.172 e. The van der Waals surface area contributed by atoms with Crippen molar-refractivity contribution in [3.8, 4) is 5.75 Å². The van der Waals surface area contributed by atoms with Gasteiger partial charge in [-0.25, -0.2) is 0 Å². The van der Waals surface area contributed by atoms with E-state index in [0.717, 1.165) is 19.3 Å². The Morgan fingerprint density at radius 2 is 1.82 bits per heavy atom. The van der Waals surface area contributed by atoms with E-state index < -0.39 is 0 Å². The number of halogens is 3. The zero-order valence-corrected chi connectivity index (χ0v) is 16.1. The summed E-state index contributed by atoms with van der Waals surface area (Å²) in [6.45, 7) is 4.12. The van der Waals surface area contributed by atoms with Crippen molar-refractivity contribution >= 4 is 73.6 Å². The highest BCUT2D eigenvalue weighted by molar-refractivity contribution is 14.1. The van der Waals surface area contributed by atoms with E-state index in [1.54, 1.807) is 0 Å². The third-order valence-corrected chi connectivity index (χ3v) is 4.71. The van der Waals surface area contributed by atoms with Crippen LogP contribution in [0, 0.1) is 16.6 Å². The van der Waals surface area contributed by atoms with Gasteiger partial charge >= 0.3 is 0 Å². The standard InChI is InChI=1S/C12H13I3O2/c1-3-7(2)11(16)6-17-12-9(14)4-8(13)5-10(12)15/h4-5,7H,3,6H2,1-2H3. The molecule has 94 valence electrons. The van der Waals surface area contributed by atoms with Gasteiger partial charge in [0.25, 0.3) is 0 Å². The molecule has 0 amide bonds. The van der Waals surface area contributed by atoms with E-state index in [1.165, 1.54) is 3.57 Å². The number of carbonyl (C=O) groups is 1. The van der Waals surface area contributed by atoms with Crippen LogP contribution in [0.25, 0.3) is 0 Å². The first-order valence-corrected chi connectivity index (χ1v) is 8.49. The topological polar surface area (TPSA) is 26.3 Å². The molecule has 1 rings (SSSR count). The lowest BCUT2D eigenvalue weighted by Crippen LogP contribution is -2.19. The zero-order valence-electron chi connectivity index (χ0n) is 9.60. The van der Waals surface area contributed by atoms with Crippen molar-refractivity contribution in [3.05, 3.63) is 22.8 Å². The van der Waals surface area contributed by atoms with Gasteiger partial charge < -0.3 is 4.74 Å². The highest BCUT2D eigenvalue weighted by Gasteiger charge is 2.14. The number of Topliss-reactive ketones (excluding diaryl/α,β-unsaturated/α-hetero) is 1. The Hall–Kier alpha value is 0.880. The average molecular weight is 570 g/mol. The van der Waals surface area contributed by atoms with Gasteiger partial charge in [0.1, 0.15) is 12.4 Å². The third kappa shape index (κ3) is 4.81. The van der Waals surface area contributed by atoms with Crippen molar-refractivity contribution in [3.63, 3.8) is 0 Å². The summed E-state index contributed by atoms with van der Waals surface area (Å²) in [6, 6.07) is 4.10. The molecule has 1 atom stereocenters. The van der Waals surface area contributed by atoms with Gasteiger partial charge in [-0.3, -0.25) is 4.79 Å². The summed E-state index contributed by atoms with van der Waals surface area (Å²) in [7, 11) is 0. The fourth-order valence-electron chi connectivity index (χ4n) is 1.18. The van der Waals surface area contributed by atoms with E-state index in [9.17, 15) is 4.79 Å². The molecule has 0 heterocycles. The molecule has 0 radical (unpaired) electrons. The second-order valence-electron chi connectivity index (χ2n) is 3.76. The predicted molar refractivity (Wildman–Crippen MR) is 94.6 cm³/mol. The van der Waals surface area contributed by atoms with E-state index in [4.69, 9.17) is 4.74 Å². The summed E-state index contributed by atoms with van der Waals surface area (Å²) in [4.78, 5) is 11.7. The van der Waals surface area contributed by atoms with Gasteiger partial charge in [0.05, 0.1) is 7.14 Å². The Kier molecular flexibility index (Phi) is 7.00. The normalized spacial score (nSPS) is 12.3. The van der Waals surface area contributed by atoms with Gasteiger partial charge in [0.2, 0.25) is 0 Å². The van der Waals surface area contributed by atoms with Crippen LogP contribution < -0.4 is 4.74 Å². The first-order valence-electron chi connectivity index (χ1n) is 5.25. The largest absolute Gasteiger partial charge is 0.484 e. The molecule has 1 aromatic carbocycles. The summed E-state index contributed by atoms with van der Waals surface area (Å²) >= 11 is 6.75. The third-order valence-electron chi connectivity index (χ3n) is 2.48. The Bertz CT molecular complexity index is 395. The minimum atomic E-state index is 0.0779. The first kappa shape index (κ1) is 15.9. The fourth-order valence-corrected chi connectivity index (χ4v) is 5.07. The van der Waals surface area contributed by atoms with E-state index in [-0.39, 0.29) is 18.3 Å². The Morgan fingerprint density at radius 1 is 1.29 bits per heavy atom. The molecule has 0 aromatic heterocycles. The van der Waals surface area contributed by atoms with Crippen molar-refractivity contribution in [2.24, 2.45) is 5.92 Å². The van der Waals surface area contributed by atoms with Crippen molar-refractivity contribution < 1.29 is 9.53 Å². The van der Waals surface area contributed by atoms with Crippen LogP contribution >= 0.6 is 67.8 Å². The molecule has 0 fully saturated rings. The van der Waals surface area contributed by atoms with Gasteiger partial charge in [-0.15, -0.1) is 0 Å². The quantitative estimate of drug-likeness (QED) is 0.489.